The van der Waals surface area contributed by atoms with Crippen LogP contribution in [0.2, 0.25) is 5.02 Å². The van der Waals surface area contributed by atoms with Gasteiger partial charge in [0.05, 0.1) is 23.7 Å². The molecule has 0 radical (unpaired) electrons. The summed E-state index contributed by atoms with van der Waals surface area (Å²) in [6.07, 6.45) is 0. The molecule has 3 aromatic rings. The number of carbonyl (C=O) groups is 2. The molecule has 31 heavy (non-hydrogen) atoms. The van der Waals surface area contributed by atoms with E-state index in [2.05, 4.69) is 5.16 Å². The van der Waals surface area contributed by atoms with E-state index in [1.54, 1.807) is 25.1 Å². The van der Waals surface area contributed by atoms with Crippen molar-refractivity contribution in [2.24, 2.45) is 0 Å². The van der Waals surface area contributed by atoms with Crippen LogP contribution in [0.1, 0.15) is 22.9 Å². The Hall–Kier alpha value is -3.78. The maximum atomic E-state index is 13.0. The number of hydrogen-bond donors (Lipinski definition) is 2. The lowest BCUT2D eigenvalue weighted by Crippen LogP contribution is -2.29. The molecule has 1 unspecified atom stereocenters. The third-order valence-corrected chi connectivity index (χ3v) is 5.24. The van der Waals surface area contributed by atoms with Crippen LogP contribution in [0.15, 0.2) is 58.6 Å². The van der Waals surface area contributed by atoms with Crippen LogP contribution in [0.4, 0.5) is 5.82 Å². The number of anilines is 1. The summed E-state index contributed by atoms with van der Waals surface area (Å²) in [4.78, 5) is 27.1. The first kappa shape index (κ1) is 20.5. The van der Waals surface area contributed by atoms with Gasteiger partial charge >= 0.3 is 5.91 Å². The number of aryl methyl sites for hydroxylation is 1. The van der Waals surface area contributed by atoms with E-state index in [0.29, 0.717) is 17.1 Å². The number of aromatic hydroxyl groups is 1. The van der Waals surface area contributed by atoms with Crippen molar-refractivity contribution in [2.75, 3.05) is 12.0 Å². The second-order valence-electron chi connectivity index (χ2n) is 6.91. The molecule has 9 heteroatoms. The first-order valence-corrected chi connectivity index (χ1v) is 9.56. The Morgan fingerprint density at radius 3 is 2.45 bits per heavy atom. The number of Topliss-reactive ketones (excluding diaryl/α,β-unsaturated/α-hetero) is 1. The van der Waals surface area contributed by atoms with E-state index in [4.69, 9.17) is 20.9 Å². The minimum atomic E-state index is -0.994. The quantitative estimate of drug-likeness (QED) is 0.358. The highest BCUT2D eigenvalue weighted by Crippen LogP contribution is 2.42. The maximum Gasteiger partial charge on any atom is 0.301 e. The molecular formula is C22H17ClN2O6. The number of amides is 1. The number of benzene rings is 2. The molecular weight excluding hydrogens is 424 g/mol. The van der Waals surface area contributed by atoms with Gasteiger partial charge in [-0.2, -0.15) is 0 Å². The molecule has 0 bridgehead atoms. The molecule has 1 amide bonds. The maximum absolute atomic E-state index is 13.0. The average Bonchev–Trinajstić information content (AvgIpc) is 3.29. The van der Waals surface area contributed by atoms with Crippen LogP contribution in [-0.4, -0.2) is 34.2 Å². The van der Waals surface area contributed by atoms with E-state index in [-0.39, 0.29) is 27.7 Å². The molecule has 1 saturated heterocycles. The molecule has 4 rings (SSSR count). The number of aliphatic hydroxyl groups excluding tert-OH is 1. The number of hydrogen-bond acceptors (Lipinski definition) is 7. The summed E-state index contributed by atoms with van der Waals surface area (Å²) in [6, 6.07) is 11.0. The zero-order valence-electron chi connectivity index (χ0n) is 16.5. The Labute approximate surface area is 181 Å². The molecule has 0 aliphatic carbocycles. The predicted molar refractivity (Wildman–Crippen MR) is 112 cm³/mol. The Balaban J connectivity index is 1.93. The lowest BCUT2D eigenvalue weighted by Gasteiger charge is -2.22. The summed E-state index contributed by atoms with van der Waals surface area (Å²) >= 11 is 6.17. The van der Waals surface area contributed by atoms with Crippen molar-refractivity contribution in [3.63, 3.8) is 0 Å². The van der Waals surface area contributed by atoms with E-state index in [9.17, 15) is 19.8 Å². The van der Waals surface area contributed by atoms with Gasteiger partial charge < -0.3 is 19.5 Å². The number of nitrogens with zero attached hydrogens (tertiary/aromatic N) is 2. The number of phenolic OH excluding ortho intramolecular Hbond substituents is 1. The molecule has 1 atom stereocenters. The number of halogens is 1. The van der Waals surface area contributed by atoms with Crippen LogP contribution < -0.4 is 9.64 Å². The average molecular weight is 441 g/mol. The summed E-state index contributed by atoms with van der Waals surface area (Å²) in [5.41, 5.74) is 0.584. The number of aliphatic hydroxyl groups is 1. The van der Waals surface area contributed by atoms with Gasteiger partial charge in [0, 0.05) is 11.6 Å². The van der Waals surface area contributed by atoms with Gasteiger partial charge in [-0.3, -0.25) is 14.5 Å². The fourth-order valence-electron chi connectivity index (χ4n) is 3.48. The number of aromatic nitrogens is 1. The fourth-order valence-corrected chi connectivity index (χ4v) is 3.73. The smallest absolute Gasteiger partial charge is 0.301 e. The zero-order chi connectivity index (χ0) is 22.3. The molecule has 0 saturated carbocycles. The summed E-state index contributed by atoms with van der Waals surface area (Å²) in [6.45, 7) is 1.65. The third-order valence-electron chi connectivity index (χ3n) is 4.94. The minimum Gasteiger partial charge on any atom is -0.508 e. The van der Waals surface area contributed by atoms with Gasteiger partial charge in [-0.15, -0.1) is 0 Å². The summed E-state index contributed by atoms with van der Waals surface area (Å²) in [5, 5.41) is 24.8. The highest BCUT2D eigenvalue weighted by molar-refractivity contribution is 6.51. The Morgan fingerprint density at radius 1 is 1.16 bits per heavy atom. The Kier molecular flexibility index (Phi) is 5.16. The van der Waals surface area contributed by atoms with Crippen LogP contribution in [0.5, 0.6) is 11.5 Å². The lowest BCUT2D eigenvalue weighted by molar-refractivity contribution is -0.132. The molecule has 1 fully saturated rings. The van der Waals surface area contributed by atoms with Crippen LogP contribution in [0.25, 0.3) is 5.76 Å². The predicted octanol–water partition coefficient (Wildman–Crippen LogP) is 3.98. The molecule has 158 valence electrons. The first-order valence-electron chi connectivity index (χ1n) is 9.19. The Morgan fingerprint density at radius 2 is 1.87 bits per heavy atom. The van der Waals surface area contributed by atoms with Crippen molar-refractivity contribution in [3.05, 3.63) is 76.0 Å². The van der Waals surface area contributed by atoms with Crippen molar-refractivity contribution in [1.29, 1.82) is 0 Å². The van der Waals surface area contributed by atoms with Gasteiger partial charge in [0.1, 0.15) is 23.0 Å². The first-order chi connectivity index (χ1) is 14.8. The lowest BCUT2D eigenvalue weighted by atomic mass is 9.95. The molecule has 8 nitrogen and oxygen atoms in total. The van der Waals surface area contributed by atoms with Gasteiger partial charge in [0.25, 0.3) is 5.78 Å². The summed E-state index contributed by atoms with van der Waals surface area (Å²) < 4.78 is 10.2. The summed E-state index contributed by atoms with van der Waals surface area (Å²) in [7, 11) is 1.46. The monoisotopic (exact) mass is 440 g/mol. The largest absolute Gasteiger partial charge is 0.508 e. The number of ether oxygens (including phenoxy) is 1. The van der Waals surface area contributed by atoms with Gasteiger partial charge in [0.2, 0.25) is 0 Å². The highest BCUT2D eigenvalue weighted by Gasteiger charge is 2.48. The molecule has 2 aromatic carbocycles. The van der Waals surface area contributed by atoms with Gasteiger partial charge in [-0.1, -0.05) is 28.9 Å². The van der Waals surface area contributed by atoms with Crippen LogP contribution in [0, 0.1) is 6.92 Å². The van der Waals surface area contributed by atoms with Crippen LogP contribution >= 0.6 is 11.6 Å². The van der Waals surface area contributed by atoms with Crippen LogP contribution in [0.3, 0.4) is 0 Å². The van der Waals surface area contributed by atoms with Crippen molar-refractivity contribution >= 4 is 34.9 Å². The highest BCUT2D eigenvalue weighted by atomic mass is 35.5. The van der Waals surface area contributed by atoms with Gasteiger partial charge in [-0.05, 0) is 42.8 Å². The topological polar surface area (TPSA) is 113 Å². The number of carbonyl (C=O) groups excluding carboxylic acids is 2. The molecule has 2 heterocycles. The van der Waals surface area contributed by atoms with Gasteiger partial charge in [-0.25, -0.2) is 0 Å². The van der Waals surface area contributed by atoms with E-state index >= 15 is 0 Å². The number of methoxy groups -OCH3 is 1. The molecule has 0 spiro atoms. The van der Waals surface area contributed by atoms with Gasteiger partial charge in [0.15, 0.2) is 5.82 Å². The summed E-state index contributed by atoms with van der Waals surface area (Å²) in [5.74, 6) is -1.17. The zero-order valence-corrected chi connectivity index (χ0v) is 17.3. The number of ketones is 1. The second-order valence-corrected chi connectivity index (χ2v) is 7.31. The third kappa shape index (κ3) is 3.51. The molecule has 1 aromatic heterocycles. The van der Waals surface area contributed by atoms with Crippen LogP contribution in [-0.2, 0) is 9.59 Å². The normalized spacial score (nSPS) is 17.9. The van der Waals surface area contributed by atoms with Crippen molar-refractivity contribution < 1.29 is 29.1 Å². The van der Waals surface area contributed by atoms with Crippen molar-refractivity contribution in [1.82, 2.24) is 5.16 Å². The SMILES string of the molecule is COc1ccc(C(O)=C2C(=O)C(=O)N(c3cc(C)on3)C2c2ccc(O)cc2)cc1Cl. The standard InChI is InChI=1S/C22H17ClN2O6/c1-11-9-17(24-31-11)25-19(12-3-6-14(26)7-4-12)18(21(28)22(25)29)20(27)13-5-8-16(30-2)15(23)10-13/h3-10,19,26-27H,1-2H3. The second kappa shape index (κ2) is 7.81. The van der Waals surface area contributed by atoms with E-state index in [1.807, 2.05) is 0 Å². The molecule has 1 aliphatic rings. The number of rotatable bonds is 4. The molecule has 1 aliphatic heterocycles. The van der Waals surface area contributed by atoms with E-state index < -0.39 is 23.5 Å². The minimum absolute atomic E-state index is 0.0138. The Bertz CT molecular complexity index is 1210. The van der Waals surface area contributed by atoms with Crippen molar-refractivity contribution in [2.45, 2.75) is 13.0 Å². The van der Waals surface area contributed by atoms with E-state index in [1.165, 1.54) is 37.4 Å². The fraction of sp³-hybridized carbons (Fsp3) is 0.136. The van der Waals surface area contributed by atoms with E-state index in [0.717, 1.165) is 4.90 Å². The number of phenols is 1. The molecule has 2 N–H and O–H groups in total. The van der Waals surface area contributed by atoms with Crippen molar-refractivity contribution in [3.8, 4) is 11.5 Å².